The van der Waals surface area contributed by atoms with E-state index < -0.39 is 10.0 Å². The molecular formula is C18H22N2O5S2. The molecule has 1 aromatic heterocycles. The van der Waals surface area contributed by atoms with E-state index in [4.69, 9.17) is 14.2 Å². The Morgan fingerprint density at radius 2 is 2.07 bits per heavy atom. The zero-order valence-electron chi connectivity index (χ0n) is 14.8. The number of nitrogens with zero attached hydrogens (tertiary/aromatic N) is 1. The van der Waals surface area contributed by atoms with Gasteiger partial charge in [0.25, 0.3) is 0 Å². The van der Waals surface area contributed by atoms with Crippen LogP contribution in [0.3, 0.4) is 0 Å². The maximum atomic E-state index is 12.1. The summed E-state index contributed by atoms with van der Waals surface area (Å²) >= 11 is 1.38. The fraction of sp³-hybridized carbons (Fsp3) is 0.444. The lowest BCUT2D eigenvalue weighted by atomic mass is 10.0. The summed E-state index contributed by atoms with van der Waals surface area (Å²) in [5.74, 6) is 2.43. The molecule has 1 aromatic carbocycles. The van der Waals surface area contributed by atoms with Crippen LogP contribution in [-0.2, 0) is 10.0 Å². The quantitative estimate of drug-likeness (QED) is 0.715. The van der Waals surface area contributed by atoms with Crippen molar-refractivity contribution in [1.82, 2.24) is 9.62 Å². The second-order valence-corrected chi connectivity index (χ2v) is 9.11. The molecule has 0 atom stereocenters. The molecule has 0 saturated carbocycles. The van der Waals surface area contributed by atoms with Crippen LogP contribution in [0.15, 0.2) is 39.9 Å². The lowest BCUT2D eigenvalue weighted by molar-refractivity contribution is 0.0835. The van der Waals surface area contributed by atoms with Gasteiger partial charge < -0.3 is 14.2 Å². The number of thiophene rings is 1. The molecule has 2 aliphatic rings. The second-order valence-electron chi connectivity index (χ2n) is 6.57. The Hall–Kier alpha value is -1.81. The van der Waals surface area contributed by atoms with Crippen LogP contribution in [0.25, 0.3) is 0 Å². The molecule has 0 aliphatic carbocycles. The van der Waals surface area contributed by atoms with Crippen molar-refractivity contribution in [3.63, 3.8) is 0 Å². The van der Waals surface area contributed by atoms with Crippen LogP contribution in [0.4, 0.5) is 0 Å². The summed E-state index contributed by atoms with van der Waals surface area (Å²) in [6.07, 6.45) is 0. The van der Waals surface area contributed by atoms with Crippen LogP contribution in [0.2, 0.25) is 0 Å². The minimum Gasteiger partial charge on any atom is -0.488 e. The molecular weight excluding hydrogens is 388 g/mol. The first-order chi connectivity index (χ1) is 13.1. The number of likely N-dealkylation sites (tertiary alicyclic amines) is 1. The van der Waals surface area contributed by atoms with Gasteiger partial charge >= 0.3 is 0 Å². The molecule has 4 rings (SSSR count). The summed E-state index contributed by atoms with van der Waals surface area (Å²) in [4.78, 5) is 2.59. The predicted octanol–water partition coefficient (Wildman–Crippen LogP) is 1.81. The Morgan fingerprint density at radius 3 is 2.89 bits per heavy atom. The summed E-state index contributed by atoms with van der Waals surface area (Å²) in [5, 5.41) is 3.41. The molecule has 0 unspecified atom stereocenters. The van der Waals surface area contributed by atoms with Gasteiger partial charge in [-0.2, -0.15) is 11.3 Å². The van der Waals surface area contributed by atoms with E-state index in [9.17, 15) is 8.42 Å². The smallest absolute Gasteiger partial charge is 0.241 e. The highest BCUT2D eigenvalue weighted by Crippen LogP contribution is 2.38. The molecule has 2 aliphatic heterocycles. The van der Waals surface area contributed by atoms with Crippen molar-refractivity contribution in [1.29, 1.82) is 0 Å². The Morgan fingerprint density at radius 1 is 1.22 bits per heavy atom. The van der Waals surface area contributed by atoms with Gasteiger partial charge in [-0.25, -0.2) is 13.1 Å². The molecule has 2 aromatic rings. The molecule has 1 fully saturated rings. The van der Waals surface area contributed by atoms with Crippen LogP contribution in [-0.4, -0.2) is 59.3 Å². The SMILES string of the molecule is O=S(=O)(NCC1CN(CCOc2cccc3c2OCCO3)C1)c1ccsc1. The van der Waals surface area contributed by atoms with Gasteiger partial charge in [-0.15, -0.1) is 0 Å². The first-order valence-corrected chi connectivity index (χ1v) is 11.3. The highest BCUT2D eigenvalue weighted by atomic mass is 32.2. The van der Waals surface area contributed by atoms with E-state index in [0.717, 1.165) is 25.4 Å². The minimum absolute atomic E-state index is 0.333. The van der Waals surface area contributed by atoms with Crippen LogP contribution < -0.4 is 18.9 Å². The number of benzene rings is 1. The first-order valence-electron chi connectivity index (χ1n) is 8.87. The van der Waals surface area contributed by atoms with Crippen molar-refractivity contribution in [3.05, 3.63) is 35.0 Å². The van der Waals surface area contributed by atoms with E-state index in [0.29, 0.717) is 48.7 Å². The Kier molecular flexibility index (Phi) is 5.53. The van der Waals surface area contributed by atoms with Crippen LogP contribution >= 0.6 is 11.3 Å². The van der Waals surface area contributed by atoms with Crippen molar-refractivity contribution in [2.45, 2.75) is 4.90 Å². The van der Waals surface area contributed by atoms with Gasteiger partial charge in [0.05, 0.1) is 4.90 Å². The summed E-state index contributed by atoms with van der Waals surface area (Å²) in [7, 11) is -3.38. The zero-order valence-corrected chi connectivity index (χ0v) is 16.4. The summed E-state index contributed by atoms with van der Waals surface area (Å²) in [6.45, 7) is 4.62. The average Bonchev–Trinajstić information content (AvgIpc) is 3.18. The van der Waals surface area contributed by atoms with E-state index in [1.54, 1.807) is 16.8 Å². The summed E-state index contributed by atoms with van der Waals surface area (Å²) < 4.78 is 43.9. The monoisotopic (exact) mass is 410 g/mol. The largest absolute Gasteiger partial charge is 0.488 e. The molecule has 0 spiro atoms. The Labute approximate surface area is 162 Å². The van der Waals surface area contributed by atoms with Crippen LogP contribution in [0.1, 0.15) is 0 Å². The normalized spacial score (nSPS) is 17.5. The summed E-state index contributed by atoms with van der Waals surface area (Å²) in [5.41, 5.74) is 0. The van der Waals surface area contributed by atoms with Crippen molar-refractivity contribution >= 4 is 21.4 Å². The maximum Gasteiger partial charge on any atom is 0.241 e. The Bertz CT molecular complexity index is 864. The molecule has 27 heavy (non-hydrogen) atoms. The number of sulfonamides is 1. The van der Waals surface area contributed by atoms with Gasteiger partial charge in [0.1, 0.15) is 19.8 Å². The van der Waals surface area contributed by atoms with E-state index in [1.807, 2.05) is 18.2 Å². The van der Waals surface area contributed by atoms with Crippen LogP contribution in [0, 0.1) is 5.92 Å². The zero-order chi connectivity index (χ0) is 18.7. The maximum absolute atomic E-state index is 12.1. The van der Waals surface area contributed by atoms with E-state index in [2.05, 4.69) is 9.62 Å². The van der Waals surface area contributed by atoms with Gasteiger partial charge in [0, 0.05) is 31.6 Å². The molecule has 146 valence electrons. The molecule has 1 saturated heterocycles. The molecule has 0 amide bonds. The minimum atomic E-state index is -3.38. The summed E-state index contributed by atoms with van der Waals surface area (Å²) in [6, 6.07) is 7.26. The van der Waals surface area contributed by atoms with Crippen molar-refractivity contribution in [2.75, 3.05) is 46.0 Å². The second kappa shape index (κ2) is 8.05. The van der Waals surface area contributed by atoms with Gasteiger partial charge in [0.15, 0.2) is 11.5 Å². The van der Waals surface area contributed by atoms with Gasteiger partial charge in [-0.05, 0) is 29.5 Å². The molecule has 9 heteroatoms. The van der Waals surface area contributed by atoms with Crippen molar-refractivity contribution < 1.29 is 22.6 Å². The molecule has 7 nitrogen and oxygen atoms in total. The lowest BCUT2D eigenvalue weighted by Crippen LogP contribution is -2.52. The topological polar surface area (TPSA) is 77.1 Å². The average molecular weight is 411 g/mol. The number of rotatable bonds is 8. The third-order valence-electron chi connectivity index (χ3n) is 4.60. The Balaban J connectivity index is 1.17. The number of fused-ring (bicyclic) bond motifs is 1. The predicted molar refractivity (Wildman–Crippen MR) is 102 cm³/mol. The van der Waals surface area contributed by atoms with Gasteiger partial charge in [0.2, 0.25) is 15.8 Å². The van der Waals surface area contributed by atoms with Gasteiger partial charge in [-0.3, -0.25) is 4.90 Å². The fourth-order valence-electron chi connectivity index (χ4n) is 3.15. The van der Waals surface area contributed by atoms with E-state index in [-0.39, 0.29) is 0 Å². The highest BCUT2D eigenvalue weighted by molar-refractivity contribution is 7.89. The van der Waals surface area contributed by atoms with Gasteiger partial charge in [-0.1, -0.05) is 6.07 Å². The number of para-hydroxylation sites is 1. The highest BCUT2D eigenvalue weighted by Gasteiger charge is 2.28. The number of hydrogen-bond donors (Lipinski definition) is 1. The fourth-order valence-corrected chi connectivity index (χ4v) is 5.29. The van der Waals surface area contributed by atoms with Crippen molar-refractivity contribution in [2.24, 2.45) is 5.92 Å². The molecule has 3 heterocycles. The number of nitrogens with one attached hydrogen (secondary N) is 1. The standard InChI is InChI=1S/C18H22N2O5S2/c21-27(22,15-4-9-26-13-15)19-10-14-11-20(12-14)5-6-23-16-2-1-3-17-18(16)25-8-7-24-17/h1-4,9,13-14,19H,5-8,10-12H2. The van der Waals surface area contributed by atoms with Crippen molar-refractivity contribution in [3.8, 4) is 17.2 Å². The van der Waals surface area contributed by atoms with E-state index >= 15 is 0 Å². The number of ether oxygens (including phenoxy) is 3. The number of hydrogen-bond acceptors (Lipinski definition) is 7. The molecule has 0 radical (unpaired) electrons. The van der Waals surface area contributed by atoms with E-state index in [1.165, 1.54) is 11.3 Å². The molecule has 0 bridgehead atoms. The lowest BCUT2D eigenvalue weighted by Gasteiger charge is -2.39. The molecule has 1 N–H and O–H groups in total. The third-order valence-corrected chi connectivity index (χ3v) is 6.85. The van der Waals surface area contributed by atoms with Crippen LogP contribution in [0.5, 0.6) is 17.2 Å². The first kappa shape index (κ1) is 18.5. The third kappa shape index (κ3) is 4.37.